The number of rotatable bonds is 7. The second kappa shape index (κ2) is 7.33. The molecule has 0 saturated carbocycles. The van der Waals surface area contributed by atoms with E-state index in [0.29, 0.717) is 6.54 Å². The van der Waals surface area contributed by atoms with Crippen molar-refractivity contribution in [2.24, 2.45) is 0 Å². The van der Waals surface area contributed by atoms with E-state index in [1.54, 1.807) is 18.4 Å². The first-order valence-corrected chi connectivity index (χ1v) is 7.08. The molecule has 1 amide bonds. The third-order valence-corrected chi connectivity index (χ3v) is 3.86. The van der Waals surface area contributed by atoms with Gasteiger partial charge in [-0.05, 0) is 20.8 Å². The Labute approximate surface area is 113 Å². The van der Waals surface area contributed by atoms with Crippen LogP contribution in [0, 0.1) is 0 Å². The van der Waals surface area contributed by atoms with Gasteiger partial charge in [-0.3, -0.25) is 4.79 Å². The molecule has 0 aliphatic carbocycles. The van der Waals surface area contributed by atoms with Crippen LogP contribution in [0.3, 0.4) is 0 Å². The minimum Gasteiger partial charge on any atom is -0.358 e. The van der Waals surface area contributed by atoms with Gasteiger partial charge in [-0.1, -0.05) is 0 Å². The standard InChI is InChI=1S/C12H22N4OS/c1-5-16(6-2)12-15-8-10(18-12)7-14-9(3)11(17)13-4/h8-9,14H,5-7H2,1-4H3,(H,13,17). The van der Waals surface area contributed by atoms with Crippen LogP contribution in [0.25, 0.3) is 0 Å². The molecule has 18 heavy (non-hydrogen) atoms. The molecule has 6 heteroatoms. The van der Waals surface area contributed by atoms with Gasteiger partial charge in [-0.2, -0.15) is 0 Å². The van der Waals surface area contributed by atoms with Gasteiger partial charge in [0.1, 0.15) is 0 Å². The number of anilines is 1. The van der Waals surface area contributed by atoms with Crippen molar-refractivity contribution < 1.29 is 4.79 Å². The SMILES string of the molecule is CCN(CC)c1ncc(CNC(C)C(=O)NC)s1. The lowest BCUT2D eigenvalue weighted by Gasteiger charge is -2.16. The highest BCUT2D eigenvalue weighted by atomic mass is 32.1. The fourth-order valence-corrected chi connectivity index (χ4v) is 2.57. The minimum absolute atomic E-state index is 0.00322. The smallest absolute Gasteiger partial charge is 0.236 e. The topological polar surface area (TPSA) is 57.3 Å². The molecular weight excluding hydrogens is 248 g/mol. The van der Waals surface area contributed by atoms with Gasteiger partial charge in [0.2, 0.25) is 5.91 Å². The van der Waals surface area contributed by atoms with Crippen molar-refractivity contribution in [2.75, 3.05) is 25.0 Å². The molecule has 0 aliphatic heterocycles. The van der Waals surface area contributed by atoms with Crippen LogP contribution in [0.5, 0.6) is 0 Å². The monoisotopic (exact) mass is 270 g/mol. The Hall–Kier alpha value is -1.14. The number of thiazole rings is 1. The zero-order valence-electron chi connectivity index (χ0n) is 11.5. The van der Waals surface area contributed by atoms with Crippen molar-refractivity contribution in [1.29, 1.82) is 0 Å². The molecule has 0 fully saturated rings. The van der Waals surface area contributed by atoms with Crippen LogP contribution in [-0.4, -0.2) is 37.1 Å². The largest absolute Gasteiger partial charge is 0.358 e. The van der Waals surface area contributed by atoms with Crippen LogP contribution < -0.4 is 15.5 Å². The van der Waals surface area contributed by atoms with Gasteiger partial charge in [0, 0.05) is 37.8 Å². The van der Waals surface area contributed by atoms with Crippen LogP contribution in [0.4, 0.5) is 5.13 Å². The fraction of sp³-hybridized carbons (Fsp3) is 0.667. The molecule has 1 unspecified atom stereocenters. The maximum absolute atomic E-state index is 11.3. The minimum atomic E-state index is -0.186. The molecule has 1 atom stereocenters. The second-order valence-electron chi connectivity index (χ2n) is 4.00. The molecule has 1 aromatic rings. The van der Waals surface area contributed by atoms with E-state index in [0.717, 1.165) is 23.1 Å². The summed E-state index contributed by atoms with van der Waals surface area (Å²) in [7, 11) is 1.64. The van der Waals surface area contributed by atoms with E-state index >= 15 is 0 Å². The maximum atomic E-state index is 11.3. The lowest BCUT2D eigenvalue weighted by molar-refractivity contribution is -0.122. The molecule has 2 N–H and O–H groups in total. The summed E-state index contributed by atoms with van der Waals surface area (Å²) in [6, 6.07) is -0.186. The van der Waals surface area contributed by atoms with Crippen LogP contribution in [0.15, 0.2) is 6.20 Å². The van der Waals surface area contributed by atoms with Crippen molar-refractivity contribution in [3.63, 3.8) is 0 Å². The predicted molar refractivity (Wildman–Crippen MR) is 76.0 cm³/mol. The lowest BCUT2D eigenvalue weighted by atomic mass is 10.3. The maximum Gasteiger partial charge on any atom is 0.236 e. The first-order chi connectivity index (χ1) is 8.62. The van der Waals surface area contributed by atoms with Crippen molar-refractivity contribution in [2.45, 2.75) is 33.4 Å². The molecule has 5 nitrogen and oxygen atoms in total. The highest BCUT2D eigenvalue weighted by Crippen LogP contribution is 2.21. The number of hydrogen-bond donors (Lipinski definition) is 2. The number of nitrogens with one attached hydrogen (secondary N) is 2. The highest BCUT2D eigenvalue weighted by molar-refractivity contribution is 7.15. The number of likely N-dealkylation sites (N-methyl/N-ethyl adjacent to an activating group) is 1. The molecule has 0 bridgehead atoms. The van der Waals surface area contributed by atoms with E-state index in [1.165, 1.54) is 0 Å². The van der Waals surface area contributed by atoms with Gasteiger partial charge in [-0.25, -0.2) is 4.98 Å². The van der Waals surface area contributed by atoms with E-state index in [-0.39, 0.29) is 11.9 Å². The molecule has 1 rings (SSSR count). The van der Waals surface area contributed by atoms with Crippen LogP contribution in [0.2, 0.25) is 0 Å². The van der Waals surface area contributed by atoms with E-state index in [4.69, 9.17) is 0 Å². The highest BCUT2D eigenvalue weighted by Gasteiger charge is 2.12. The molecule has 1 aromatic heterocycles. The number of hydrogen-bond acceptors (Lipinski definition) is 5. The number of nitrogens with zero attached hydrogens (tertiary/aromatic N) is 2. The molecule has 0 aromatic carbocycles. The molecule has 102 valence electrons. The van der Waals surface area contributed by atoms with Gasteiger partial charge in [0.05, 0.1) is 6.04 Å². The predicted octanol–water partition coefficient (Wildman–Crippen LogP) is 1.21. The van der Waals surface area contributed by atoms with Crippen LogP contribution >= 0.6 is 11.3 Å². The van der Waals surface area contributed by atoms with E-state index < -0.39 is 0 Å². The summed E-state index contributed by atoms with van der Waals surface area (Å²) in [5.41, 5.74) is 0. The van der Waals surface area contributed by atoms with Crippen molar-refractivity contribution in [3.8, 4) is 0 Å². The Balaban J connectivity index is 2.51. The Bertz CT molecular complexity index is 376. The first kappa shape index (κ1) is 14.9. The molecule has 0 spiro atoms. The summed E-state index contributed by atoms with van der Waals surface area (Å²) in [4.78, 5) is 19.1. The molecular formula is C12H22N4OS. The Kier molecular flexibility index (Phi) is 6.07. The fourth-order valence-electron chi connectivity index (χ4n) is 1.58. The number of carbonyl (C=O) groups is 1. The summed E-state index contributed by atoms with van der Waals surface area (Å²) in [6.07, 6.45) is 1.88. The Morgan fingerprint density at radius 1 is 1.50 bits per heavy atom. The van der Waals surface area contributed by atoms with Gasteiger partial charge in [0.15, 0.2) is 5.13 Å². The van der Waals surface area contributed by atoms with E-state index in [9.17, 15) is 4.79 Å². The van der Waals surface area contributed by atoms with Crippen molar-refractivity contribution in [1.82, 2.24) is 15.6 Å². The van der Waals surface area contributed by atoms with E-state index in [2.05, 4.69) is 34.4 Å². The van der Waals surface area contributed by atoms with Crippen LogP contribution in [0.1, 0.15) is 25.6 Å². The number of amides is 1. The van der Waals surface area contributed by atoms with Gasteiger partial charge < -0.3 is 15.5 Å². The Morgan fingerprint density at radius 2 is 2.17 bits per heavy atom. The average molecular weight is 270 g/mol. The molecule has 0 radical (unpaired) electrons. The summed E-state index contributed by atoms with van der Waals surface area (Å²) >= 11 is 1.67. The summed E-state index contributed by atoms with van der Waals surface area (Å²) < 4.78 is 0. The van der Waals surface area contributed by atoms with Gasteiger partial charge in [-0.15, -0.1) is 11.3 Å². The molecule has 0 saturated heterocycles. The quantitative estimate of drug-likeness (QED) is 0.782. The summed E-state index contributed by atoms with van der Waals surface area (Å²) in [6.45, 7) is 8.70. The van der Waals surface area contributed by atoms with Gasteiger partial charge in [0.25, 0.3) is 0 Å². The first-order valence-electron chi connectivity index (χ1n) is 6.26. The zero-order chi connectivity index (χ0) is 13.5. The van der Waals surface area contributed by atoms with Crippen molar-refractivity contribution in [3.05, 3.63) is 11.1 Å². The second-order valence-corrected chi connectivity index (χ2v) is 5.09. The van der Waals surface area contributed by atoms with Crippen molar-refractivity contribution >= 4 is 22.4 Å². The van der Waals surface area contributed by atoms with E-state index in [1.807, 2.05) is 13.1 Å². The third-order valence-electron chi connectivity index (χ3n) is 2.80. The van der Waals surface area contributed by atoms with Gasteiger partial charge >= 0.3 is 0 Å². The summed E-state index contributed by atoms with van der Waals surface area (Å²) in [5.74, 6) is 0.00322. The molecule has 0 aliphatic rings. The van der Waals surface area contributed by atoms with Crippen LogP contribution in [-0.2, 0) is 11.3 Å². The number of aromatic nitrogens is 1. The lowest BCUT2D eigenvalue weighted by Crippen LogP contribution is -2.40. The normalized spacial score (nSPS) is 12.2. The number of carbonyl (C=O) groups excluding carboxylic acids is 1. The summed E-state index contributed by atoms with van der Waals surface area (Å²) in [5, 5.41) is 6.84. The average Bonchev–Trinajstić information content (AvgIpc) is 2.85. The Morgan fingerprint density at radius 3 is 2.72 bits per heavy atom. The molecule has 1 heterocycles. The zero-order valence-corrected chi connectivity index (χ0v) is 12.3. The third kappa shape index (κ3) is 3.96.